The van der Waals surface area contributed by atoms with E-state index in [1.54, 1.807) is 6.92 Å². The Hall–Kier alpha value is -2.15. The van der Waals surface area contributed by atoms with Crippen molar-refractivity contribution in [1.82, 2.24) is 0 Å². The van der Waals surface area contributed by atoms with Crippen LogP contribution >= 0.6 is 11.3 Å². The number of anilines is 1. The van der Waals surface area contributed by atoms with Gasteiger partial charge >= 0.3 is 11.9 Å². The summed E-state index contributed by atoms with van der Waals surface area (Å²) in [4.78, 5) is 38.9. The van der Waals surface area contributed by atoms with Crippen LogP contribution in [0.1, 0.15) is 91.9 Å². The second kappa shape index (κ2) is 12.2. The molecule has 0 aliphatic heterocycles. The molecule has 0 radical (unpaired) electrons. The second-order valence-corrected chi connectivity index (χ2v) is 9.85. The van der Waals surface area contributed by atoms with E-state index in [1.165, 1.54) is 43.4 Å². The zero-order chi connectivity index (χ0) is 22.9. The summed E-state index contributed by atoms with van der Waals surface area (Å²) in [5.41, 5.74) is 1.50. The molecule has 0 fully saturated rings. The largest absolute Gasteiger partial charge is 0.481 e. The highest BCUT2D eigenvalue weighted by Crippen LogP contribution is 2.38. The minimum absolute atomic E-state index is 0.269. The van der Waals surface area contributed by atoms with Gasteiger partial charge in [-0.25, -0.2) is 4.79 Å². The lowest BCUT2D eigenvalue weighted by molar-refractivity contribution is -0.146. The maximum absolute atomic E-state index is 13.1. The number of rotatable bonds is 5. The van der Waals surface area contributed by atoms with Gasteiger partial charge in [-0.15, -0.1) is 11.3 Å². The van der Waals surface area contributed by atoms with Gasteiger partial charge in [-0.05, 0) is 51.0 Å². The van der Waals surface area contributed by atoms with E-state index in [2.05, 4.69) is 5.32 Å². The number of carboxylic acid groups (broad SMARTS) is 1. The van der Waals surface area contributed by atoms with Crippen LogP contribution in [0.4, 0.5) is 5.00 Å². The number of aryl methyl sites for hydroxylation is 1. The normalized spacial score (nSPS) is 22.2. The van der Waals surface area contributed by atoms with Crippen LogP contribution in [0.3, 0.4) is 0 Å². The van der Waals surface area contributed by atoms with Crippen LogP contribution < -0.4 is 5.32 Å². The standard InChI is InChI=1S/C25H35NO5S/c1-2-31-25(30)21-19-15-9-7-5-3-4-6-8-10-16-20(19)32-23(21)26-22(27)17-13-11-12-14-18(17)24(28)29/h11-12,17-18H,2-10,13-16H2,1H3,(H,26,27)(H,28,29)/t17-,18+/m1/s1. The van der Waals surface area contributed by atoms with Crippen LogP contribution in [-0.2, 0) is 27.2 Å². The van der Waals surface area contributed by atoms with Crippen molar-refractivity contribution < 1.29 is 24.2 Å². The second-order valence-electron chi connectivity index (χ2n) is 8.74. The first-order valence-corrected chi connectivity index (χ1v) is 12.8. The highest BCUT2D eigenvalue weighted by Gasteiger charge is 2.35. The fraction of sp³-hybridized carbons (Fsp3) is 0.640. The van der Waals surface area contributed by atoms with Crippen molar-refractivity contribution in [1.29, 1.82) is 0 Å². The smallest absolute Gasteiger partial charge is 0.341 e. The monoisotopic (exact) mass is 461 g/mol. The Morgan fingerprint density at radius 1 is 0.969 bits per heavy atom. The number of ether oxygens (including phenoxy) is 1. The topological polar surface area (TPSA) is 92.7 Å². The molecule has 3 rings (SSSR count). The number of nitrogens with one attached hydrogen (secondary N) is 1. The molecule has 0 aromatic carbocycles. The van der Waals surface area contributed by atoms with Crippen LogP contribution in [0.5, 0.6) is 0 Å². The van der Waals surface area contributed by atoms with Crippen molar-refractivity contribution >= 4 is 34.2 Å². The lowest BCUT2D eigenvalue weighted by Crippen LogP contribution is -2.34. The predicted octanol–water partition coefficient (Wildman–Crippen LogP) is 5.75. The number of carbonyl (C=O) groups is 3. The Morgan fingerprint density at radius 3 is 2.19 bits per heavy atom. The van der Waals surface area contributed by atoms with E-state index in [-0.39, 0.29) is 12.5 Å². The number of thiophene rings is 1. The molecule has 1 heterocycles. The molecule has 2 atom stereocenters. The molecular formula is C25H35NO5S. The van der Waals surface area contributed by atoms with Crippen molar-refractivity contribution in [3.8, 4) is 0 Å². The van der Waals surface area contributed by atoms with E-state index < -0.39 is 23.8 Å². The highest BCUT2D eigenvalue weighted by molar-refractivity contribution is 7.17. The average molecular weight is 462 g/mol. The van der Waals surface area contributed by atoms with Crippen LogP contribution in [-0.4, -0.2) is 29.6 Å². The molecular weight excluding hydrogens is 426 g/mol. The van der Waals surface area contributed by atoms with E-state index >= 15 is 0 Å². The maximum Gasteiger partial charge on any atom is 0.341 e. The quantitative estimate of drug-likeness (QED) is 0.430. The minimum atomic E-state index is -0.960. The minimum Gasteiger partial charge on any atom is -0.481 e. The first kappa shape index (κ1) is 24.5. The molecule has 1 amide bonds. The fourth-order valence-corrected chi connectivity index (χ4v) is 6.00. The van der Waals surface area contributed by atoms with Crippen molar-refractivity contribution in [2.24, 2.45) is 11.8 Å². The van der Waals surface area contributed by atoms with E-state index in [0.29, 0.717) is 23.4 Å². The molecule has 32 heavy (non-hydrogen) atoms. The molecule has 0 bridgehead atoms. The molecule has 2 aliphatic carbocycles. The van der Waals surface area contributed by atoms with Gasteiger partial charge in [-0.2, -0.15) is 0 Å². The first-order valence-electron chi connectivity index (χ1n) is 12.0. The van der Waals surface area contributed by atoms with E-state index in [9.17, 15) is 19.5 Å². The van der Waals surface area contributed by atoms with Gasteiger partial charge in [0.2, 0.25) is 5.91 Å². The van der Waals surface area contributed by atoms with Crippen LogP contribution in [0, 0.1) is 11.8 Å². The number of amides is 1. The average Bonchev–Trinajstić information content (AvgIpc) is 3.10. The highest BCUT2D eigenvalue weighted by atomic mass is 32.1. The van der Waals surface area contributed by atoms with Crippen molar-refractivity contribution in [2.45, 2.75) is 84.0 Å². The lowest BCUT2D eigenvalue weighted by Gasteiger charge is -2.24. The number of carbonyl (C=O) groups excluding carboxylic acids is 2. The van der Waals surface area contributed by atoms with Gasteiger partial charge < -0.3 is 15.2 Å². The Balaban J connectivity index is 1.90. The summed E-state index contributed by atoms with van der Waals surface area (Å²) in [6.07, 6.45) is 15.5. The molecule has 176 valence electrons. The van der Waals surface area contributed by atoms with Crippen LogP contribution in [0.15, 0.2) is 12.2 Å². The summed E-state index contributed by atoms with van der Waals surface area (Å²) in [5.74, 6) is -3.07. The number of hydrogen-bond donors (Lipinski definition) is 2. The number of fused-ring (bicyclic) bond motifs is 1. The SMILES string of the molecule is CCOC(=O)c1c(NC(=O)[C@@H]2CC=CC[C@@H]2C(=O)O)sc2c1CCCCCCCCCC2. The van der Waals surface area contributed by atoms with E-state index in [1.807, 2.05) is 12.2 Å². The van der Waals surface area contributed by atoms with Crippen molar-refractivity contribution in [3.05, 3.63) is 28.2 Å². The van der Waals surface area contributed by atoms with Gasteiger partial charge in [0.1, 0.15) is 5.00 Å². The third-order valence-corrected chi connectivity index (χ3v) is 7.68. The zero-order valence-corrected chi connectivity index (χ0v) is 19.8. The Labute approximate surface area is 194 Å². The predicted molar refractivity (Wildman–Crippen MR) is 126 cm³/mol. The molecule has 2 N–H and O–H groups in total. The summed E-state index contributed by atoms with van der Waals surface area (Å²) < 4.78 is 5.36. The van der Waals surface area contributed by atoms with Crippen molar-refractivity contribution in [3.63, 3.8) is 0 Å². The Kier molecular flexibility index (Phi) is 9.33. The zero-order valence-electron chi connectivity index (χ0n) is 19.0. The Morgan fingerprint density at radius 2 is 1.56 bits per heavy atom. The van der Waals surface area contributed by atoms with Crippen LogP contribution in [0.2, 0.25) is 0 Å². The van der Waals surface area contributed by atoms with Gasteiger partial charge in [0.05, 0.1) is 24.0 Å². The first-order chi connectivity index (χ1) is 15.5. The molecule has 6 nitrogen and oxygen atoms in total. The molecule has 2 aliphatic rings. The third-order valence-electron chi connectivity index (χ3n) is 6.47. The summed E-state index contributed by atoms with van der Waals surface area (Å²) in [7, 11) is 0. The van der Waals surface area contributed by atoms with E-state index in [4.69, 9.17) is 4.74 Å². The molecule has 7 heteroatoms. The number of allylic oxidation sites excluding steroid dienone is 2. The number of hydrogen-bond acceptors (Lipinski definition) is 5. The molecule has 1 aromatic rings. The maximum atomic E-state index is 13.1. The third kappa shape index (κ3) is 6.21. The van der Waals surface area contributed by atoms with Gasteiger partial charge in [0, 0.05) is 4.88 Å². The summed E-state index contributed by atoms with van der Waals surface area (Å²) >= 11 is 1.47. The van der Waals surface area contributed by atoms with Gasteiger partial charge in [-0.1, -0.05) is 50.7 Å². The van der Waals surface area contributed by atoms with Gasteiger partial charge in [0.15, 0.2) is 0 Å². The molecule has 0 unspecified atom stereocenters. The van der Waals surface area contributed by atoms with Crippen molar-refractivity contribution in [2.75, 3.05) is 11.9 Å². The van der Waals surface area contributed by atoms with Gasteiger partial charge in [0.25, 0.3) is 0 Å². The molecule has 0 spiro atoms. The van der Waals surface area contributed by atoms with E-state index in [0.717, 1.165) is 42.5 Å². The number of esters is 1. The lowest BCUT2D eigenvalue weighted by atomic mass is 9.82. The molecule has 0 saturated carbocycles. The molecule has 0 saturated heterocycles. The van der Waals surface area contributed by atoms with Gasteiger partial charge in [-0.3, -0.25) is 9.59 Å². The number of carboxylic acids is 1. The molecule has 1 aromatic heterocycles. The summed E-state index contributed by atoms with van der Waals surface area (Å²) in [5, 5.41) is 13.0. The van der Waals surface area contributed by atoms with Crippen LogP contribution in [0.25, 0.3) is 0 Å². The number of aliphatic carboxylic acids is 1. The Bertz CT molecular complexity index is 844. The summed E-state index contributed by atoms with van der Waals surface area (Å²) in [6.45, 7) is 2.05. The summed E-state index contributed by atoms with van der Waals surface area (Å²) in [6, 6.07) is 0. The fourth-order valence-electron chi connectivity index (χ4n) is 4.72.